The Morgan fingerprint density at radius 3 is 2.76 bits per heavy atom. The molecule has 0 saturated carbocycles. The van der Waals surface area contributed by atoms with Crippen molar-refractivity contribution in [1.29, 1.82) is 0 Å². The Bertz CT molecular complexity index is 970. The van der Waals surface area contributed by atoms with Gasteiger partial charge in [0.25, 0.3) is 0 Å². The summed E-state index contributed by atoms with van der Waals surface area (Å²) >= 11 is 7.11. The number of halogens is 2. The third-order valence-electron chi connectivity index (χ3n) is 3.43. The van der Waals surface area contributed by atoms with Crippen LogP contribution in [0.3, 0.4) is 0 Å². The molecular weight excluding hydrogens is 389 g/mol. The van der Waals surface area contributed by atoms with Crippen LogP contribution in [0.4, 0.5) is 4.39 Å². The molecule has 0 aliphatic heterocycles. The van der Waals surface area contributed by atoms with Gasteiger partial charge in [0.2, 0.25) is 10.0 Å². The number of thiophene rings is 1. The lowest BCUT2D eigenvalue weighted by Crippen LogP contribution is -2.28. The fourth-order valence-electron chi connectivity index (χ4n) is 2.11. The van der Waals surface area contributed by atoms with Crippen molar-refractivity contribution in [2.45, 2.75) is 11.0 Å². The van der Waals surface area contributed by atoms with Crippen molar-refractivity contribution in [2.24, 2.45) is 0 Å². The van der Waals surface area contributed by atoms with E-state index in [1.807, 2.05) is 16.8 Å². The van der Waals surface area contributed by atoms with Crippen molar-refractivity contribution in [3.8, 4) is 11.3 Å². The highest BCUT2D eigenvalue weighted by Gasteiger charge is 2.20. The fraction of sp³-hybridized carbons (Fsp3) is 0.125. The molecule has 0 aliphatic carbocycles. The maximum atomic E-state index is 13.1. The number of furan rings is 1. The van der Waals surface area contributed by atoms with E-state index in [1.165, 1.54) is 11.3 Å². The first-order valence-electron chi connectivity index (χ1n) is 7.12. The number of hydrogen-bond donors (Lipinski definition) is 2. The normalized spacial score (nSPS) is 13.1. The van der Waals surface area contributed by atoms with Crippen LogP contribution in [0.2, 0.25) is 5.02 Å². The fourth-order valence-corrected chi connectivity index (χ4v) is 4.06. The van der Waals surface area contributed by atoms with Gasteiger partial charge >= 0.3 is 0 Å². The van der Waals surface area contributed by atoms with Crippen LogP contribution in [0.5, 0.6) is 0 Å². The summed E-state index contributed by atoms with van der Waals surface area (Å²) in [7, 11) is -3.94. The molecule has 2 N–H and O–H groups in total. The third kappa shape index (κ3) is 4.10. The van der Waals surface area contributed by atoms with E-state index in [-0.39, 0.29) is 22.2 Å². The molecule has 0 fully saturated rings. The van der Waals surface area contributed by atoms with Gasteiger partial charge < -0.3 is 9.52 Å². The van der Waals surface area contributed by atoms with Gasteiger partial charge in [0.1, 0.15) is 23.4 Å². The molecule has 0 radical (unpaired) electrons. The molecule has 1 atom stereocenters. The van der Waals surface area contributed by atoms with E-state index in [1.54, 1.807) is 12.1 Å². The Labute approximate surface area is 152 Å². The lowest BCUT2D eigenvalue weighted by atomic mass is 10.2. The highest BCUT2D eigenvalue weighted by molar-refractivity contribution is 7.89. The molecule has 0 bridgehead atoms. The van der Waals surface area contributed by atoms with E-state index in [0.29, 0.717) is 5.76 Å². The second kappa shape index (κ2) is 7.27. The van der Waals surface area contributed by atoms with Crippen molar-refractivity contribution < 1.29 is 22.3 Å². The first-order chi connectivity index (χ1) is 11.9. The zero-order chi connectivity index (χ0) is 18.0. The van der Waals surface area contributed by atoms with Crippen LogP contribution >= 0.6 is 22.9 Å². The van der Waals surface area contributed by atoms with Crippen LogP contribution in [0.15, 0.2) is 56.5 Å². The summed E-state index contributed by atoms with van der Waals surface area (Å²) in [6.45, 7) is -0.298. The average Bonchev–Trinajstić information content (AvgIpc) is 3.26. The molecule has 5 nitrogen and oxygen atoms in total. The van der Waals surface area contributed by atoms with Gasteiger partial charge in [-0.2, -0.15) is 11.3 Å². The Hall–Kier alpha value is -1.71. The van der Waals surface area contributed by atoms with E-state index in [4.69, 9.17) is 16.0 Å². The van der Waals surface area contributed by atoms with Crippen LogP contribution in [0.1, 0.15) is 11.9 Å². The minimum Gasteiger partial charge on any atom is -0.458 e. The van der Waals surface area contributed by atoms with Crippen molar-refractivity contribution in [3.05, 3.63) is 63.8 Å². The minimum atomic E-state index is -3.94. The molecule has 0 amide bonds. The number of nitrogens with one attached hydrogen (secondary N) is 1. The van der Waals surface area contributed by atoms with E-state index in [9.17, 15) is 17.9 Å². The van der Waals surface area contributed by atoms with Gasteiger partial charge in [0.05, 0.1) is 9.92 Å². The zero-order valence-electron chi connectivity index (χ0n) is 12.6. The van der Waals surface area contributed by atoms with E-state index >= 15 is 0 Å². The lowest BCUT2D eigenvalue weighted by molar-refractivity contribution is 0.155. The molecule has 25 heavy (non-hydrogen) atoms. The predicted molar refractivity (Wildman–Crippen MR) is 93.6 cm³/mol. The summed E-state index contributed by atoms with van der Waals surface area (Å²) < 4.78 is 45.3. The zero-order valence-corrected chi connectivity index (χ0v) is 15.0. The molecule has 1 aromatic carbocycles. The quantitative estimate of drug-likeness (QED) is 0.658. The van der Waals surface area contributed by atoms with Gasteiger partial charge in [0, 0.05) is 17.5 Å². The van der Waals surface area contributed by atoms with Gasteiger partial charge in [-0.15, -0.1) is 0 Å². The van der Waals surface area contributed by atoms with Crippen LogP contribution in [0, 0.1) is 5.82 Å². The molecule has 0 spiro atoms. The predicted octanol–water partition coefficient (Wildman–Crippen LogP) is 3.81. The Kier molecular flexibility index (Phi) is 5.26. The third-order valence-corrected chi connectivity index (χ3v) is 5.82. The summed E-state index contributed by atoms with van der Waals surface area (Å²) in [5, 5.41) is 13.6. The highest BCUT2D eigenvalue weighted by Crippen LogP contribution is 2.27. The van der Waals surface area contributed by atoms with Gasteiger partial charge in [-0.3, -0.25) is 0 Å². The summed E-state index contributed by atoms with van der Waals surface area (Å²) in [6, 6.07) is 8.23. The SMILES string of the molecule is O=S(=O)(NC[C@H](O)c1ccc(-c2ccsc2)o1)c1ccc(F)c(Cl)c1. The number of hydrogen-bond acceptors (Lipinski definition) is 5. The molecule has 2 aromatic heterocycles. The van der Waals surface area contributed by atoms with Crippen LogP contribution in [-0.2, 0) is 10.0 Å². The van der Waals surface area contributed by atoms with Crippen molar-refractivity contribution >= 4 is 33.0 Å². The summed E-state index contributed by atoms with van der Waals surface area (Å²) in [4.78, 5) is -0.190. The number of aliphatic hydroxyl groups is 1. The number of rotatable bonds is 6. The van der Waals surface area contributed by atoms with E-state index in [2.05, 4.69) is 4.72 Å². The second-order valence-corrected chi connectivity index (χ2v) is 8.11. The van der Waals surface area contributed by atoms with Gasteiger partial charge in [-0.05, 0) is 41.8 Å². The molecule has 3 aromatic rings. The smallest absolute Gasteiger partial charge is 0.240 e. The van der Waals surface area contributed by atoms with E-state index < -0.39 is 21.9 Å². The maximum absolute atomic E-state index is 13.1. The standard InChI is InChI=1S/C16H13ClFNO4S2/c17-12-7-11(1-2-13(12)18)25(21,22)19-8-14(20)16-4-3-15(23-16)10-5-6-24-9-10/h1-7,9,14,19-20H,8H2/t14-/m0/s1. The molecule has 0 aliphatic rings. The van der Waals surface area contributed by atoms with Crippen molar-refractivity contribution in [3.63, 3.8) is 0 Å². The average molecular weight is 402 g/mol. The molecule has 0 saturated heterocycles. The molecular formula is C16H13ClFNO4S2. The minimum absolute atomic E-state index is 0.190. The molecule has 132 valence electrons. The van der Waals surface area contributed by atoms with Crippen molar-refractivity contribution in [2.75, 3.05) is 6.54 Å². The molecule has 9 heteroatoms. The second-order valence-electron chi connectivity index (χ2n) is 5.16. The maximum Gasteiger partial charge on any atom is 0.240 e. The van der Waals surface area contributed by atoms with Crippen LogP contribution in [-0.4, -0.2) is 20.1 Å². The Morgan fingerprint density at radius 1 is 1.28 bits per heavy atom. The monoisotopic (exact) mass is 401 g/mol. The number of aliphatic hydroxyl groups excluding tert-OH is 1. The molecule has 0 unspecified atom stereocenters. The van der Waals surface area contributed by atoms with Crippen molar-refractivity contribution in [1.82, 2.24) is 4.72 Å². The first-order valence-corrected chi connectivity index (χ1v) is 9.92. The van der Waals surface area contributed by atoms with Gasteiger partial charge in [-0.1, -0.05) is 11.6 Å². The Morgan fingerprint density at radius 2 is 2.08 bits per heavy atom. The summed E-state index contributed by atoms with van der Waals surface area (Å²) in [5.74, 6) is 0.113. The summed E-state index contributed by atoms with van der Waals surface area (Å²) in [5.41, 5.74) is 0.880. The first kappa shape index (κ1) is 18.1. The van der Waals surface area contributed by atoms with Gasteiger partial charge in [-0.25, -0.2) is 17.5 Å². The molecule has 2 heterocycles. The Balaban J connectivity index is 1.69. The largest absolute Gasteiger partial charge is 0.458 e. The number of benzene rings is 1. The van der Waals surface area contributed by atoms with E-state index in [0.717, 1.165) is 23.8 Å². The molecule has 3 rings (SSSR count). The van der Waals surface area contributed by atoms with Crippen LogP contribution < -0.4 is 4.72 Å². The number of sulfonamides is 1. The van der Waals surface area contributed by atoms with Crippen LogP contribution in [0.25, 0.3) is 11.3 Å². The summed E-state index contributed by atoms with van der Waals surface area (Å²) in [6.07, 6.45) is -1.17. The lowest BCUT2D eigenvalue weighted by Gasteiger charge is -2.11. The highest BCUT2D eigenvalue weighted by atomic mass is 35.5. The topological polar surface area (TPSA) is 79.5 Å². The van der Waals surface area contributed by atoms with Gasteiger partial charge in [0.15, 0.2) is 0 Å².